The number of sulfone groups is 1. The van der Waals surface area contributed by atoms with Crippen LogP contribution < -0.4 is 5.73 Å². The van der Waals surface area contributed by atoms with Crippen molar-refractivity contribution in [1.82, 2.24) is 9.97 Å². The fourth-order valence-corrected chi connectivity index (χ4v) is 2.99. The zero-order chi connectivity index (χ0) is 12.9. The molecular weight excluding hydrogens is 250 g/mol. The van der Waals surface area contributed by atoms with Gasteiger partial charge < -0.3 is 10.7 Å². The molecule has 18 heavy (non-hydrogen) atoms. The van der Waals surface area contributed by atoms with Crippen LogP contribution in [0.3, 0.4) is 0 Å². The highest BCUT2D eigenvalue weighted by molar-refractivity contribution is 7.91. The van der Waals surface area contributed by atoms with Crippen molar-refractivity contribution in [3.8, 4) is 0 Å². The molecule has 0 bridgehead atoms. The number of H-pyrrole nitrogens is 1. The van der Waals surface area contributed by atoms with E-state index in [1.165, 1.54) is 6.26 Å². The molecule has 96 valence electrons. The van der Waals surface area contributed by atoms with Gasteiger partial charge in [-0.1, -0.05) is 6.07 Å². The third kappa shape index (κ3) is 1.91. The summed E-state index contributed by atoms with van der Waals surface area (Å²) in [6.45, 7) is 0. The minimum Gasteiger partial charge on any atom is -0.341 e. The molecule has 0 aliphatic heterocycles. The van der Waals surface area contributed by atoms with E-state index in [4.69, 9.17) is 5.73 Å². The van der Waals surface area contributed by atoms with Crippen molar-refractivity contribution in [1.29, 1.82) is 0 Å². The molecular formula is C12H15N3O2S. The number of benzene rings is 1. The van der Waals surface area contributed by atoms with E-state index in [0.29, 0.717) is 17.3 Å². The zero-order valence-corrected chi connectivity index (χ0v) is 10.9. The van der Waals surface area contributed by atoms with E-state index in [9.17, 15) is 8.42 Å². The van der Waals surface area contributed by atoms with Gasteiger partial charge in [-0.15, -0.1) is 0 Å². The number of aromatic amines is 1. The lowest BCUT2D eigenvalue weighted by atomic mass is 10.2. The Morgan fingerprint density at radius 1 is 1.44 bits per heavy atom. The molecule has 5 nitrogen and oxygen atoms in total. The Kier molecular flexibility index (Phi) is 2.46. The third-order valence-electron chi connectivity index (χ3n) is 3.34. The summed E-state index contributed by atoms with van der Waals surface area (Å²) in [5.74, 6) is 1.16. The maximum Gasteiger partial charge on any atom is 0.177 e. The summed E-state index contributed by atoms with van der Waals surface area (Å²) >= 11 is 0. The van der Waals surface area contributed by atoms with E-state index in [1.54, 1.807) is 12.1 Å². The third-order valence-corrected chi connectivity index (χ3v) is 4.47. The van der Waals surface area contributed by atoms with Crippen LogP contribution in [0.5, 0.6) is 0 Å². The highest BCUT2D eigenvalue weighted by Crippen LogP contribution is 2.39. The van der Waals surface area contributed by atoms with E-state index < -0.39 is 9.84 Å². The van der Waals surface area contributed by atoms with Crippen molar-refractivity contribution in [2.24, 2.45) is 11.7 Å². The number of nitrogens with two attached hydrogens (primary N) is 1. The lowest BCUT2D eigenvalue weighted by Crippen LogP contribution is -2.13. The molecule has 1 unspecified atom stereocenters. The maximum absolute atomic E-state index is 11.7. The first-order valence-corrected chi connectivity index (χ1v) is 7.80. The van der Waals surface area contributed by atoms with Crippen molar-refractivity contribution in [2.45, 2.75) is 23.8 Å². The summed E-state index contributed by atoms with van der Waals surface area (Å²) in [7, 11) is -3.27. The summed E-state index contributed by atoms with van der Waals surface area (Å²) < 4.78 is 23.4. The Bertz CT molecular complexity index is 701. The predicted octanol–water partition coefficient (Wildman–Crippen LogP) is 1.38. The number of rotatable bonds is 3. The molecule has 2 aromatic rings. The Labute approximate surface area is 105 Å². The van der Waals surface area contributed by atoms with Crippen LogP contribution in [-0.4, -0.2) is 24.6 Å². The van der Waals surface area contributed by atoms with Gasteiger partial charge in [-0.3, -0.25) is 0 Å². The Balaban J connectivity index is 2.17. The topological polar surface area (TPSA) is 88.8 Å². The Hall–Kier alpha value is -1.40. The minimum atomic E-state index is -3.27. The summed E-state index contributed by atoms with van der Waals surface area (Å²) in [4.78, 5) is 7.76. The molecule has 1 aliphatic rings. The molecule has 3 N–H and O–H groups in total. The number of nitrogens with one attached hydrogen (secondary N) is 1. The fraction of sp³-hybridized carbons (Fsp3) is 0.417. The number of aromatic nitrogens is 2. The van der Waals surface area contributed by atoms with Crippen LogP contribution in [-0.2, 0) is 9.84 Å². The molecule has 1 aromatic carbocycles. The van der Waals surface area contributed by atoms with Crippen molar-refractivity contribution in [2.75, 3.05) is 6.26 Å². The van der Waals surface area contributed by atoms with Crippen LogP contribution in [0.25, 0.3) is 11.0 Å². The van der Waals surface area contributed by atoms with Gasteiger partial charge >= 0.3 is 0 Å². The monoisotopic (exact) mass is 265 g/mol. The molecule has 0 radical (unpaired) electrons. The van der Waals surface area contributed by atoms with Crippen molar-refractivity contribution in [3.63, 3.8) is 0 Å². The quantitative estimate of drug-likeness (QED) is 0.877. The highest BCUT2D eigenvalue weighted by Gasteiger charge is 2.31. The summed E-state index contributed by atoms with van der Waals surface area (Å²) in [6, 6.07) is 4.99. The van der Waals surface area contributed by atoms with Crippen molar-refractivity contribution < 1.29 is 8.42 Å². The molecule has 0 saturated heterocycles. The van der Waals surface area contributed by atoms with Gasteiger partial charge in [0, 0.05) is 6.26 Å². The van der Waals surface area contributed by atoms with Gasteiger partial charge in [0.1, 0.15) is 11.3 Å². The van der Waals surface area contributed by atoms with Gasteiger partial charge in [0.25, 0.3) is 0 Å². The first-order valence-electron chi connectivity index (χ1n) is 5.91. The van der Waals surface area contributed by atoms with E-state index in [1.807, 2.05) is 6.07 Å². The SMILES string of the molecule is CS(=O)(=O)c1cccc2[nH]c(C(N)C3CC3)nc12. The summed E-state index contributed by atoms with van der Waals surface area (Å²) in [5, 5.41) is 0. The molecule has 1 aromatic heterocycles. The Morgan fingerprint density at radius 3 is 2.78 bits per heavy atom. The van der Waals surface area contributed by atoms with Crippen LogP contribution in [0.1, 0.15) is 24.7 Å². The number of imidazole rings is 1. The second-order valence-corrected chi connectivity index (χ2v) is 6.89. The molecule has 6 heteroatoms. The van der Waals surface area contributed by atoms with Crippen LogP contribution in [0.15, 0.2) is 23.1 Å². The molecule has 0 amide bonds. The smallest absolute Gasteiger partial charge is 0.177 e. The molecule has 0 spiro atoms. The van der Waals surface area contributed by atoms with Gasteiger partial charge in [0.05, 0.1) is 16.5 Å². The van der Waals surface area contributed by atoms with E-state index in [-0.39, 0.29) is 10.9 Å². The molecule has 1 atom stereocenters. The lowest BCUT2D eigenvalue weighted by Gasteiger charge is -2.04. The molecule has 1 aliphatic carbocycles. The van der Waals surface area contributed by atoms with Crippen LogP contribution in [0.2, 0.25) is 0 Å². The second-order valence-electron chi connectivity index (χ2n) is 4.91. The first-order chi connectivity index (χ1) is 8.47. The van der Waals surface area contributed by atoms with E-state index >= 15 is 0 Å². The second kappa shape index (κ2) is 3.80. The number of hydrogen-bond donors (Lipinski definition) is 2. The first kappa shape index (κ1) is 11.7. The molecule has 1 fully saturated rings. The maximum atomic E-state index is 11.7. The number of para-hydroxylation sites is 1. The fourth-order valence-electron chi connectivity index (χ4n) is 2.16. The summed E-state index contributed by atoms with van der Waals surface area (Å²) in [6.07, 6.45) is 3.44. The number of nitrogens with zero attached hydrogens (tertiary/aromatic N) is 1. The van der Waals surface area contributed by atoms with Crippen LogP contribution in [0.4, 0.5) is 0 Å². The summed E-state index contributed by atoms with van der Waals surface area (Å²) in [5.41, 5.74) is 7.30. The van der Waals surface area contributed by atoms with Gasteiger partial charge in [0.2, 0.25) is 0 Å². The minimum absolute atomic E-state index is 0.121. The van der Waals surface area contributed by atoms with Gasteiger partial charge in [-0.05, 0) is 30.9 Å². The van der Waals surface area contributed by atoms with Crippen LogP contribution >= 0.6 is 0 Å². The lowest BCUT2D eigenvalue weighted by molar-refractivity contribution is 0.600. The highest BCUT2D eigenvalue weighted by atomic mass is 32.2. The zero-order valence-electron chi connectivity index (χ0n) is 10.1. The van der Waals surface area contributed by atoms with E-state index in [2.05, 4.69) is 9.97 Å². The van der Waals surface area contributed by atoms with Gasteiger partial charge in [0.15, 0.2) is 9.84 Å². The standard InChI is InChI=1S/C12H15N3O2S/c1-18(16,17)9-4-2-3-8-11(9)15-12(14-8)10(13)7-5-6-7/h2-4,7,10H,5-6,13H2,1H3,(H,14,15). The molecule has 1 heterocycles. The van der Waals surface area contributed by atoms with Gasteiger partial charge in [-0.2, -0.15) is 0 Å². The average molecular weight is 265 g/mol. The van der Waals surface area contributed by atoms with Crippen molar-refractivity contribution >= 4 is 20.9 Å². The average Bonchev–Trinajstić information content (AvgIpc) is 3.04. The number of hydrogen-bond acceptors (Lipinski definition) is 4. The van der Waals surface area contributed by atoms with Gasteiger partial charge in [-0.25, -0.2) is 13.4 Å². The largest absolute Gasteiger partial charge is 0.341 e. The van der Waals surface area contributed by atoms with Crippen LogP contribution in [0, 0.1) is 5.92 Å². The van der Waals surface area contributed by atoms with E-state index in [0.717, 1.165) is 18.4 Å². The molecule has 3 rings (SSSR count). The normalized spacial score (nSPS) is 18.1. The Morgan fingerprint density at radius 2 is 2.17 bits per heavy atom. The predicted molar refractivity (Wildman–Crippen MR) is 68.9 cm³/mol. The molecule has 1 saturated carbocycles. The van der Waals surface area contributed by atoms with Crippen molar-refractivity contribution in [3.05, 3.63) is 24.0 Å². The number of fused-ring (bicyclic) bond motifs is 1.